The largest absolute Gasteiger partial charge is 0.360 e. The van der Waals surface area contributed by atoms with Crippen LogP contribution in [0, 0.1) is 11.3 Å². The zero-order chi connectivity index (χ0) is 17.2. The van der Waals surface area contributed by atoms with Crippen molar-refractivity contribution in [3.63, 3.8) is 0 Å². The number of hydrogen-bond acceptors (Lipinski definition) is 2. The van der Waals surface area contributed by atoms with Gasteiger partial charge in [-0.3, -0.25) is 10.1 Å². The lowest BCUT2D eigenvalue weighted by Crippen LogP contribution is -2.48. The summed E-state index contributed by atoms with van der Waals surface area (Å²) in [6.07, 6.45) is 3.31. The van der Waals surface area contributed by atoms with Crippen LogP contribution < -0.4 is 10.6 Å². The molecule has 0 aromatic heterocycles. The number of nitrogens with one attached hydrogen (secondary N) is 2. The predicted molar refractivity (Wildman–Crippen MR) is 100 cm³/mol. The van der Waals surface area contributed by atoms with Crippen molar-refractivity contribution in [2.75, 3.05) is 0 Å². The van der Waals surface area contributed by atoms with Crippen LogP contribution in [0.15, 0.2) is 18.2 Å². The fourth-order valence-electron chi connectivity index (χ4n) is 3.52. The maximum absolute atomic E-state index is 12.3. The maximum atomic E-state index is 12.3. The second-order valence-corrected chi connectivity index (χ2v) is 8.41. The van der Waals surface area contributed by atoms with Gasteiger partial charge in [0.05, 0.1) is 10.6 Å². The van der Waals surface area contributed by atoms with Crippen molar-refractivity contribution in [2.24, 2.45) is 11.3 Å². The van der Waals surface area contributed by atoms with Gasteiger partial charge in [-0.25, -0.2) is 0 Å². The topological polar surface area (TPSA) is 41.1 Å². The highest BCUT2D eigenvalue weighted by atomic mass is 35.5. The third kappa shape index (κ3) is 5.33. The van der Waals surface area contributed by atoms with E-state index in [0.717, 1.165) is 12.8 Å². The highest BCUT2D eigenvalue weighted by molar-refractivity contribution is 7.80. The molecule has 2 atom stereocenters. The molecule has 1 amide bonds. The molecule has 0 heterocycles. The molecule has 1 saturated carbocycles. The Morgan fingerprint density at radius 2 is 2.00 bits per heavy atom. The summed E-state index contributed by atoms with van der Waals surface area (Å²) in [4.78, 5) is 12.3. The fourth-order valence-corrected chi connectivity index (χ4v) is 4.28. The van der Waals surface area contributed by atoms with Gasteiger partial charge in [-0.1, -0.05) is 44.0 Å². The number of hydrogen-bond donors (Lipinski definition) is 2. The van der Waals surface area contributed by atoms with Gasteiger partial charge in [0.15, 0.2) is 5.11 Å². The summed E-state index contributed by atoms with van der Waals surface area (Å²) in [6.45, 7) is 6.80. The van der Waals surface area contributed by atoms with Crippen LogP contribution in [0.2, 0.25) is 10.0 Å². The van der Waals surface area contributed by atoms with Crippen LogP contribution in [-0.4, -0.2) is 17.1 Å². The minimum atomic E-state index is -0.327. The monoisotopic (exact) mass is 372 g/mol. The lowest BCUT2D eigenvalue weighted by molar-refractivity contribution is 0.0976. The molecular weight excluding hydrogens is 351 g/mol. The lowest BCUT2D eigenvalue weighted by Gasteiger charge is -2.39. The molecule has 2 N–H and O–H groups in total. The first kappa shape index (κ1) is 18.5. The van der Waals surface area contributed by atoms with Crippen LogP contribution in [0.25, 0.3) is 0 Å². The molecule has 1 aliphatic rings. The Bertz CT molecular complexity index is 619. The van der Waals surface area contributed by atoms with Gasteiger partial charge in [-0.05, 0) is 61.0 Å². The zero-order valence-electron chi connectivity index (χ0n) is 13.6. The normalized spacial score (nSPS) is 23.2. The first-order valence-corrected chi connectivity index (χ1v) is 8.89. The Morgan fingerprint density at radius 3 is 2.61 bits per heavy atom. The summed E-state index contributed by atoms with van der Waals surface area (Å²) in [7, 11) is 0. The summed E-state index contributed by atoms with van der Waals surface area (Å²) >= 11 is 17.2. The molecule has 0 bridgehead atoms. The third-order valence-electron chi connectivity index (χ3n) is 4.12. The second-order valence-electron chi connectivity index (χ2n) is 7.16. The van der Waals surface area contributed by atoms with Crippen LogP contribution in [0.3, 0.4) is 0 Å². The second kappa shape index (κ2) is 7.37. The van der Waals surface area contributed by atoms with E-state index in [0.29, 0.717) is 26.6 Å². The Labute approximate surface area is 153 Å². The third-order valence-corrected chi connectivity index (χ3v) is 4.89. The Kier molecular flexibility index (Phi) is 5.93. The van der Waals surface area contributed by atoms with Crippen molar-refractivity contribution in [1.82, 2.24) is 10.6 Å². The summed E-state index contributed by atoms with van der Waals surface area (Å²) in [5.74, 6) is 0.313. The van der Waals surface area contributed by atoms with Crippen LogP contribution in [0.4, 0.5) is 0 Å². The molecule has 3 nitrogen and oxygen atoms in total. The van der Waals surface area contributed by atoms with Crippen LogP contribution in [0.1, 0.15) is 50.4 Å². The van der Waals surface area contributed by atoms with E-state index in [2.05, 4.69) is 31.4 Å². The maximum Gasteiger partial charge on any atom is 0.258 e. The summed E-state index contributed by atoms with van der Waals surface area (Å²) < 4.78 is 0. The molecule has 1 fully saturated rings. The summed E-state index contributed by atoms with van der Waals surface area (Å²) in [5.41, 5.74) is 0.645. The van der Waals surface area contributed by atoms with Gasteiger partial charge < -0.3 is 5.32 Å². The highest BCUT2D eigenvalue weighted by Crippen LogP contribution is 2.38. The Morgan fingerprint density at radius 1 is 1.30 bits per heavy atom. The molecule has 2 rings (SSSR count). The molecule has 0 saturated heterocycles. The first-order valence-electron chi connectivity index (χ1n) is 7.73. The molecule has 0 unspecified atom stereocenters. The van der Waals surface area contributed by atoms with E-state index in [9.17, 15) is 4.79 Å². The number of thiocarbonyl (C=S) groups is 1. The van der Waals surface area contributed by atoms with Crippen LogP contribution in [0.5, 0.6) is 0 Å². The molecular formula is C17H22Cl2N2OS. The van der Waals surface area contributed by atoms with E-state index in [1.54, 1.807) is 18.2 Å². The summed E-state index contributed by atoms with van der Waals surface area (Å²) in [6, 6.07) is 5.04. The number of halogens is 2. The number of amides is 1. The molecule has 23 heavy (non-hydrogen) atoms. The van der Waals surface area contributed by atoms with Crippen LogP contribution >= 0.6 is 35.4 Å². The minimum Gasteiger partial charge on any atom is -0.360 e. The number of carbonyl (C=O) groups excluding carboxylic acids is 1. The number of rotatable bonds is 2. The van der Waals surface area contributed by atoms with Gasteiger partial charge in [-0.15, -0.1) is 0 Å². The number of benzene rings is 1. The van der Waals surface area contributed by atoms with E-state index in [4.69, 9.17) is 35.4 Å². The average molecular weight is 373 g/mol. The first-order chi connectivity index (χ1) is 10.7. The quantitative estimate of drug-likeness (QED) is 0.731. The SMILES string of the molecule is C[C@H]1C[C@@H](NC(=S)NC(=O)c2ccc(Cl)cc2Cl)CC(C)(C)C1. The molecule has 1 aromatic rings. The van der Waals surface area contributed by atoms with Gasteiger partial charge in [0.2, 0.25) is 0 Å². The zero-order valence-corrected chi connectivity index (χ0v) is 15.9. The van der Waals surface area contributed by atoms with E-state index in [-0.39, 0.29) is 17.4 Å². The minimum absolute atomic E-state index is 0.280. The van der Waals surface area contributed by atoms with Crippen LogP contribution in [-0.2, 0) is 0 Å². The van der Waals surface area contributed by atoms with Gasteiger partial charge in [0, 0.05) is 11.1 Å². The van der Waals surface area contributed by atoms with E-state index in [1.807, 2.05) is 0 Å². The van der Waals surface area contributed by atoms with E-state index >= 15 is 0 Å². The van der Waals surface area contributed by atoms with Gasteiger partial charge >= 0.3 is 0 Å². The van der Waals surface area contributed by atoms with Gasteiger partial charge in [0.25, 0.3) is 5.91 Å². The molecule has 0 radical (unpaired) electrons. The highest BCUT2D eigenvalue weighted by Gasteiger charge is 2.32. The van der Waals surface area contributed by atoms with Crippen molar-refractivity contribution >= 4 is 46.4 Å². The van der Waals surface area contributed by atoms with E-state index < -0.39 is 0 Å². The molecule has 126 valence electrons. The van der Waals surface area contributed by atoms with Crippen molar-refractivity contribution in [1.29, 1.82) is 0 Å². The standard InChI is InChI=1S/C17H22Cl2N2OS/c1-10-6-12(9-17(2,3)8-10)20-16(23)21-15(22)13-5-4-11(18)7-14(13)19/h4-5,7,10,12H,6,8-9H2,1-3H3,(H2,20,21,22,23)/t10-,12+/m0/s1. The molecule has 6 heteroatoms. The van der Waals surface area contributed by atoms with Gasteiger partial charge in [-0.2, -0.15) is 0 Å². The van der Waals surface area contributed by atoms with E-state index in [1.165, 1.54) is 6.42 Å². The smallest absolute Gasteiger partial charge is 0.258 e. The average Bonchev–Trinajstić information content (AvgIpc) is 2.35. The molecule has 0 spiro atoms. The number of carbonyl (C=O) groups is 1. The van der Waals surface area contributed by atoms with Crippen molar-refractivity contribution in [2.45, 2.75) is 46.1 Å². The summed E-state index contributed by atoms with van der Waals surface area (Å²) in [5, 5.41) is 7.11. The van der Waals surface area contributed by atoms with Crippen molar-refractivity contribution < 1.29 is 4.79 Å². The predicted octanol–water partition coefficient (Wildman–Crippen LogP) is 4.81. The molecule has 1 aromatic carbocycles. The lowest BCUT2D eigenvalue weighted by atomic mass is 9.71. The molecule has 1 aliphatic carbocycles. The van der Waals surface area contributed by atoms with Gasteiger partial charge in [0.1, 0.15) is 0 Å². The van der Waals surface area contributed by atoms with Crippen molar-refractivity contribution in [3.05, 3.63) is 33.8 Å². The van der Waals surface area contributed by atoms with Crippen molar-refractivity contribution in [3.8, 4) is 0 Å². The fraction of sp³-hybridized carbons (Fsp3) is 0.529. The Hall–Kier alpha value is -0.840. The Balaban J connectivity index is 1.95. The molecule has 0 aliphatic heterocycles.